The standard InChI is InChI=1S/C20H21N3O3/c24-18(15-7-2-1-3-8-15)11-6-12-19(25)21-13-14-23-17-10-5-4-9-16(17)22-20(23)26/h1-5,7-10H,6,11-14H2,(H,21,25)(H,22,26). The summed E-state index contributed by atoms with van der Waals surface area (Å²) in [6.45, 7) is 0.769. The van der Waals surface area contributed by atoms with Crippen LogP contribution in [0.2, 0.25) is 0 Å². The number of carbonyl (C=O) groups excluding carboxylic acids is 2. The molecule has 134 valence electrons. The van der Waals surface area contributed by atoms with Gasteiger partial charge in [-0.3, -0.25) is 14.2 Å². The van der Waals surface area contributed by atoms with Gasteiger partial charge >= 0.3 is 5.69 Å². The Labute approximate surface area is 150 Å². The summed E-state index contributed by atoms with van der Waals surface area (Å²) in [5.41, 5.74) is 2.09. The fourth-order valence-corrected chi connectivity index (χ4v) is 2.90. The van der Waals surface area contributed by atoms with Gasteiger partial charge in [-0.05, 0) is 18.6 Å². The average Bonchev–Trinajstić information content (AvgIpc) is 2.98. The molecule has 0 saturated heterocycles. The number of aromatic nitrogens is 2. The number of nitrogens with zero attached hydrogens (tertiary/aromatic N) is 1. The van der Waals surface area contributed by atoms with Crippen LogP contribution >= 0.6 is 0 Å². The summed E-state index contributed by atoms with van der Waals surface area (Å²) in [6.07, 6.45) is 1.15. The van der Waals surface area contributed by atoms with E-state index < -0.39 is 0 Å². The Morgan fingerprint density at radius 3 is 2.50 bits per heavy atom. The molecule has 0 aliphatic heterocycles. The molecule has 0 aliphatic rings. The van der Waals surface area contributed by atoms with E-state index in [4.69, 9.17) is 0 Å². The van der Waals surface area contributed by atoms with Gasteiger partial charge in [-0.2, -0.15) is 0 Å². The Morgan fingerprint density at radius 1 is 0.962 bits per heavy atom. The number of benzene rings is 2. The molecule has 2 N–H and O–H groups in total. The van der Waals surface area contributed by atoms with E-state index in [0.717, 1.165) is 11.0 Å². The summed E-state index contributed by atoms with van der Waals surface area (Å²) in [5.74, 6) is -0.0671. The van der Waals surface area contributed by atoms with E-state index in [1.165, 1.54) is 0 Å². The number of nitrogens with one attached hydrogen (secondary N) is 2. The molecular formula is C20H21N3O3. The topological polar surface area (TPSA) is 84.0 Å². The Morgan fingerprint density at radius 2 is 1.69 bits per heavy atom. The van der Waals surface area contributed by atoms with Gasteiger partial charge in [0, 0.05) is 31.5 Å². The number of fused-ring (bicyclic) bond motifs is 1. The Bertz CT molecular complexity index is 957. The van der Waals surface area contributed by atoms with Crippen LogP contribution in [0.5, 0.6) is 0 Å². The SMILES string of the molecule is O=C(CCCC(=O)c1ccccc1)NCCn1c(=O)[nH]c2ccccc21. The maximum atomic E-state index is 12.0. The van der Waals surface area contributed by atoms with Crippen molar-refractivity contribution in [3.63, 3.8) is 0 Å². The molecule has 26 heavy (non-hydrogen) atoms. The molecule has 1 aromatic heterocycles. The molecule has 0 bridgehead atoms. The van der Waals surface area contributed by atoms with Crippen molar-refractivity contribution in [3.05, 3.63) is 70.6 Å². The lowest BCUT2D eigenvalue weighted by molar-refractivity contribution is -0.121. The van der Waals surface area contributed by atoms with Crippen LogP contribution in [-0.2, 0) is 11.3 Å². The van der Waals surface area contributed by atoms with Crippen molar-refractivity contribution >= 4 is 22.7 Å². The number of amides is 1. The van der Waals surface area contributed by atoms with Crippen LogP contribution in [0, 0.1) is 0 Å². The molecule has 1 heterocycles. The lowest BCUT2D eigenvalue weighted by atomic mass is 10.1. The average molecular weight is 351 g/mol. The van der Waals surface area contributed by atoms with E-state index >= 15 is 0 Å². The van der Waals surface area contributed by atoms with Gasteiger partial charge in [0.05, 0.1) is 11.0 Å². The zero-order valence-corrected chi connectivity index (χ0v) is 14.4. The van der Waals surface area contributed by atoms with Gasteiger partial charge in [0.15, 0.2) is 5.78 Å². The van der Waals surface area contributed by atoms with Crippen molar-refractivity contribution in [1.29, 1.82) is 0 Å². The van der Waals surface area contributed by atoms with Crippen LogP contribution in [0.3, 0.4) is 0 Å². The number of Topliss-reactive ketones (excluding diaryl/α,β-unsaturated/α-hetero) is 1. The number of imidazole rings is 1. The third-order valence-corrected chi connectivity index (χ3v) is 4.24. The molecule has 3 rings (SSSR count). The first-order valence-electron chi connectivity index (χ1n) is 8.67. The third-order valence-electron chi connectivity index (χ3n) is 4.24. The quantitative estimate of drug-likeness (QED) is 0.612. The van der Waals surface area contributed by atoms with Crippen LogP contribution in [0.4, 0.5) is 0 Å². The highest BCUT2D eigenvalue weighted by molar-refractivity contribution is 5.96. The number of hydrogen-bond acceptors (Lipinski definition) is 3. The number of H-pyrrole nitrogens is 1. The molecule has 0 aliphatic carbocycles. The van der Waals surface area contributed by atoms with Gasteiger partial charge in [-0.25, -0.2) is 4.79 Å². The largest absolute Gasteiger partial charge is 0.354 e. The highest BCUT2D eigenvalue weighted by Gasteiger charge is 2.08. The molecule has 0 spiro atoms. The van der Waals surface area contributed by atoms with E-state index in [9.17, 15) is 14.4 Å². The Hall–Kier alpha value is -3.15. The summed E-state index contributed by atoms with van der Waals surface area (Å²) in [7, 11) is 0. The maximum absolute atomic E-state index is 12.0. The van der Waals surface area contributed by atoms with E-state index in [0.29, 0.717) is 37.9 Å². The van der Waals surface area contributed by atoms with Crippen LogP contribution in [0.1, 0.15) is 29.6 Å². The van der Waals surface area contributed by atoms with Crippen molar-refractivity contribution in [1.82, 2.24) is 14.9 Å². The maximum Gasteiger partial charge on any atom is 0.326 e. The summed E-state index contributed by atoms with van der Waals surface area (Å²) in [5, 5.41) is 2.80. The molecule has 0 fully saturated rings. The second kappa shape index (κ2) is 8.29. The predicted octanol–water partition coefficient (Wildman–Crippen LogP) is 2.50. The fourth-order valence-electron chi connectivity index (χ4n) is 2.90. The normalized spacial score (nSPS) is 10.8. The summed E-state index contributed by atoms with van der Waals surface area (Å²) in [6, 6.07) is 16.5. The first-order chi connectivity index (χ1) is 12.6. The number of aromatic amines is 1. The zero-order chi connectivity index (χ0) is 18.4. The minimum Gasteiger partial charge on any atom is -0.354 e. The van der Waals surface area contributed by atoms with E-state index in [2.05, 4.69) is 10.3 Å². The van der Waals surface area contributed by atoms with Crippen LogP contribution in [0.25, 0.3) is 11.0 Å². The van der Waals surface area contributed by atoms with Crippen molar-refractivity contribution in [2.24, 2.45) is 0 Å². The fraction of sp³-hybridized carbons (Fsp3) is 0.250. The molecule has 6 heteroatoms. The highest BCUT2D eigenvalue weighted by Crippen LogP contribution is 2.09. The molecular weight excluding hydrogens is 330 g/mol. The van der Waals surface area contributed by atoms with Gasteiger partial charge < -0.3 is 10.3 Å². The molecule has 3 aromatic rings. The predicted molar refractivity (Wildman–Crippen MR) is 100 cm³/mol. The van der Waals surface area contributed by atoms with Gasteiger partial charge in [0.1, 0.15) is 0 Å². The van der Waals surface area contributed by atoms with Crippen molar-refractivity contribution in [2.75, 3.05) is 6.54 Å². The third kappa shape index (κ3) is 4.27. The first kappa shape index (κ1) is 17.7. The lowest BCUT2D eigenvalue weighted by Crippen LogP contribution is -2.29. The molecule has 1 amide bonds. The van der Waals surface area contributed by atoms with E-state index in [1.54, 1.807) is 16.7 Å². The van der Waals surface area contributed by atoms with Crippen molar-refractivity contribution < 1.29 is 9.59 Å². The number of hydrogen-bond donors (Lipinski definition) is 2. The van der Waals surface area contributed by atoms with Crippen LogP contribution in [0.15, 0.2) is 59.4 Å². The number of rotatable bonds is 8. The van der Waals surface area contributed by atoms with E-state index in [1.807, 2.05) is 42.5 Å². The molecule has 0 unspecified atom stereocenters. The van der Waals surface area contributed by atoms with Gasteiger partial charge in [0.2, 0.25) is 5.91 Å². The number of para-hydroxylation sites is 2. The number of carbonyl (C=O) groups is 2. The molecule has 0 saturated carbocycles. The Balaban J connectivity index is 1.42. The summed E-state index contributed by atoms with van der Waals surface area (Å²) < 4.78 is 1.61. The van der Waals surface area contributed by atoms with E-state index in [-0.39, 0.29) is 17.4 Å². The molecule has 0 radical (unpaired) electrons. The zero-order valence-electron chi connectivity index (χ0n) is 14.4. The minimum atomic E-state index is -0.186. The lowest BCUT2D eigenvalue weighted by Gasteiger charge is -2.06. The molecule has 6 nitrogen and oxygen atoms in total. The molecule has 0 atom stereocenters. The second-order valence-corrected chi connectivity index (χ2v) is 6.09. The minimum absolute atomic E-state index is 0.0451. The van der Waals surface area contributed by atoms with Gasteiger partial charge in [0.25, 0.3) is 0 Å². The van der Waals surface area contributed by atoms with Crippen LogP contribution < -0.4 is 11.0 Å². The molecule has 2 aromatic carbocycles. The first-order valence-corrected chi connectivity index (χ1v) is 8.67. The summed E-state index contributed by atoms with van der Waals surface area (Å²) in [4.78, 5) is 38.6. The second-order valence-electron chi connectivity index (χ2n) is 6.09. The highest BCUT2D eigenvalue weighted by atomic mass is 16.2. The Kier molecular flexibility index (Phi) is 5.63. The number of ketones is 1. The van der Waals surface area contributed by atoms with Gasteiger partial charge in [-0.1, -0.05) is 42.5 Å². The smallest absolute Gasteiger partial charge is 0.326 e. The van der Waals surface area contributed by atoms with Crippen molar-refractivity contribution in [2.45, 2.75) is 25.8 Å². The van der Waals surface area contributed by atoms with Crippen molar-refractivity contribution in [3.8, 4) is 0 Å². The monoisotopic (exact) mass is 351 g/mol. The van der Waals surface area contributed by atoms with Gasteiger partial charge in [-0.15, -0.1) is 0 Å². The van der Waals surface area contributed by atoms with Crippen LogP contribution in [-0.4, -0.2) is 27.8 Å². The summed E-state index contributed by atoms with van der Waals surface area (Å²) >= 11 is 0.